The second-order valence-corrected chi connectivity index (χ2v) is 9.03. The molecule has 0 spiro atoms. The number of nitrogens with two attached hydrogens (primary N) is 1. The average Bonchev–Trinajstić information content (AvgIpc) is 3.41. The van der Waals surface area contributed by atoms with E-state index in [1.165, 1.54) is 4.90 Å². The summed E-state index contributed by atoms with van der Waals surface area (Å²) in [4.78, 5) is 31.3. The lowest BCUT2D eigenvalue weighted by Crippen LogP contribution is -2.47. The van der Waals surface area contributed by atoms with Crippen LogP contribution in [0.4, 0.5) is 13.2 Å². The van der Waals surface area contributed by atoms with E-state index in [1.54, 1.807) is 15.6 Å². The van der Waals surface area contributed by atoms with Crippen LogP contribution in [0.1, 0.15) is 34.2 Å². The van der Waals surface area contributed by atoms with Gasteiger partial charge in [0.05, 0.1) is 31.0 Å². The number of primary amides is 1. The van der Waals surface area contributed by atoms with Crippen LogP contribution in [-0.4, -0.2) is 68.7 Å². The summed E-state index contributed by atoms with van der Waals surface area (Å²) in [7, 11) is 0. The van der Waals surface area contributed by atoms with Crippen molar-refractivity contribution in [2.45, 2.75) is 31.6 Å². The first-order valence-electron chi connectivity index (χ1n) is 11.2. The van der Waals surface area contributed by atoms with Gasteiger partial charge in [-0.3, -0.25) is 19.2 Å². The number of H-pyrrole nitrogens is 1. The number of para-hydroxylation sites is 1. The van der Waals surface area contributed by atoms with Gasteiger partial charge in [-0.1, -0.05) is 18.2 Å². The van der Waals surface area contributed by atoms with E-state index < -0.39 is 30.5 Å². The standard InChI is InChI=1S/C23H25F3N6O2/c24-23(25,26)13-30-6-5-16(21(27)33)17(12-30)19-10-15-11-31(7-8-32(15)29-19)22(34)20-9-14-3-1-2-4-18(14)28-20/h1-4,9-10,16-17,28H,5-8,11-13H2,(H2,27,33). The highest BCUT2D eigenvalue weighted by Gasteiger charge is 2.40. The van der Waals surface area contributed by atoms with Gasteiger partial charge in [-0.2, -0.15) is 18.3 Å². The van der Waals surface area contributed by atoms with E-state index in [2.05, 4.69) is 10.1 Å². The molecule has 1 saturated heterocycles. The second kappa shape index (κ2) is 8.46. The number of carbonyl (C=O) groups is 2. The van der Waals surface area contributed by atoms with Crippen molar-refractivity contribution >= 4 is 22.7 Å². The highest BCUT2D eigenvalue weighted by molar-refractivity contribution is 5.98. The zero-order valence-corrected chi connectivity index (χ0v) is 18.4. The van der Waals surface area contributed by atoms with Crippen LogP contribution in [0.25, 0.3) is 10.9 Å². The fraction of sp³-hybridized carbons (Fsp3) is 0.435. The van der Waals surface area contributed by atoms with Crippen molar-refractivity contribution in [3.8, 4) is 0 Å². The Bertz CT molecular complexity index is 1200. The Morgan fingerprint density at radius 2 is 1.94 bits per heavy atom. The summed E-state index contributed by atoms with van der Waals surface area (Å²) in [6, 6.07) is 11.3. The first kappa shape index (κ1) is 22.5. The number of carbonyl (C=O) groups excluding carboxylic acids is 2. The van der Waals surface area contributed by atoms with E-state index in [0.29, 0.717) is 31.0 Å². The molecule has 34 heavy (non-hydrogen) atoms. The molecule has 1 fully saturated rings. The predicted octanol–water partition coefficient (Wildman–Crippen LogP) is 2.47. The molecule has 2 unspecified atom stereocenters. The smallest absolute Gasteiger partial charge is 0.369 e. The van der Waals surface area contributed by atoms with Gasteiger partial charge in [-0.25, -0.2) is 0 Å². The molecule has 0 aliphatic carbocycles. The Kier molecular flexibility index (Phi) is 5.59. The van der Waals surface area contributed by atoms with Crippen LogP contribution in [0.3, 0.4) is 0 Å². The largest absolute Gasteiger partial charge is 0.401 e. The number of benzene rings is 1. The number of aromatic amines is 1. The summed E-state index contributed by atoms with van der Waals surface area (Å²) in [5.41, 5.74) is 8.28. The molecule has 0 saturated carbocycles. The average molecular weight is 474 g/mol. The van der Waals surface area contributed by atoms with Crippen LogP contribution in [0, 0.1) is 5.92 Å². The van der Waals surface area contributed by atoms with E-state index in [0.717, 1.165) is 16.6 Å². The Labute approximate surface area is 193 Å². The normalized spacial score (nSPS) is 21.6. The van der Waals surface area contributed by atoms with Gasteiger partial charge in [-0.05, 0) is 31.2 Å². The zero-order chi connectivity index (χ0) is 24.0. The maximum atomic E-state index is 13.1. The van der Waals surface area contributed by atoms with Gasteiger partial charge in [0.2, 0.25) is 5.91 Å². The molecule has 2 aliphatic rings. The maximum absolute atomic E-state index is 13.1. The number of likely N-dealkylation sites (tertiary alicyclic amines) is 1. The van der Waals surface area contributed by atoms with Crippen molar-refractivity contribution in [1.82, 2.24) is 24.6 Å². The van der Waals surface area contributed by atoms with Crippen molar-refractivity contribution in [3.05, 3.63) is 53.5 Å². The number of aromatic nitrogens is 3. The summed E-state index contributed by atoms with van der Waals surface area (Å²) in [6.07, 6.45) is -4.07. The lowest BCUT2D eigenvalue weighted by atomic mass is 9.82. The van der Waals surface area contributed by atoms with Crippen molar-refractivity contribution < 1.29 is 22.8 Å². The number of hydrogen-bond donors (Lipinski definition) is 2. The fourth-order valence-corrected chi connectivity index (χ4v) is 5.06. The van der Waals surface area contributed by atoms with E-state index >= 15 is 0 Å². The molecule has 1 aromatic carbocycles. The molecule has 4 heterocycles. The number of piperidine rings is 1. The number of nitrogens with one attached hydrogen (secondary N) is 1. The molecule has 8 nitrogen and oxygen atoms in total. The Morgan fingerprint density at radius 1 is 1.15 bits per heavy atom. The third-order valence-electron chi connectivity index (χ3n) is 6.71. The fourth-order valence-electron chi connectivity index (χ4n) is 5.06. The third-order valence-corrected chi connectivity index (χ3v) is 6.71. The van der Waals surface area contributed by atoms with Crippen LogP contribution < -0.4 is 5.73 Å². The molecule has 2 aliphatic heterocycles. The van der Waals surface area contributed by atoms with Crippen molar-refractivity contribution in [2.24, 2.45) is 11.7 Å². The molecular formula is C23H25F3N6O2. The second-order valence-electron chi connectivity index (χ2n) is 9.03. The van der Waals surface area contributed by atoms with E-state index in [-0.39, 0.29) is 25.4 Å². The molecule has 3 N–H and O–H groups in total. The van der Waals surface area contributed by atoms with Crippen molar-refractivity contribution in [3.63, 3.8) is 0 Å². The first-order chi connectivity index (χ1) is 16.2. The van der Waals surface area contributed by atoms with Crippen LogP contribution in [0.15, 0.2) is 36.4 Å². The van der Waals surface area contributed by atoms with E-state index in [4.69, 9.17) is 5.73 Å². The number of nitrogens with zero attached hydrogens (tertiary/aromatic N) is 4. The molecule has 0 radical (unpaired) electrons. The molecule has 0 bridgehead atoms. The maximum Gasteiger partial charge on any atom is 0.401 e. The molecule has 180 valence electrons. The molecule has 2 aromatic heterocycles. The van der Waals surface area contributed by atoms with Crippen LogP contribution in [0.2, 0.25) is 0 Å². The summed E-state index contributed by atoms with van der Waals surface area (Å²) in [5.74, 6) is -1.76. The summed E-state index contributed by atoms with van der Waals surface area (Å²) in [5, 5.41) is 5.55. The molecule has 2 atom stereocenters. The molecule has 2 amide bonds. The first-order valence-corrected chi connectivity index (χ1v) is 11.2. The van der Waals surface area contributed by atoms with Gasteiger partial charge in [0, 0.05) is 35.8 Å². The third kappa shape index (κ3) is 4.39. The number of alkyl halides is 3. The van der Waals surface area contributed by atoms with Crippen molar-refractivity contribution in [2.75, 3.05) is 26.2 Å². The van der Waals surface area contributed by atoms with Crippen LogP contribution >= 0.6 is 0 Å². The van der Waals surface area contributed by atoms with Gasteiger partial charge < -0.3 is 15.6 Å². The SMILES string of the molecule is NC(=O)C1CCN(CC(F)(F)F)CC1c1cc2n(n1)CCN(C(=O)c1cc3ccccc3[nH]1)C2. The van der Waals surface area contributed by atoms with Gasteiger partial charge >= 0.3 is 6.18 Å². The predicted molar refractivity (Wildman–Crippen MR) is 118 cm³/mol. The van der Waals surface area contributed by atoms with Gasteiger partial charge in [0.25, 0.3) is 5.91 Å². The summed E-state index contributed by atoms with van der Waals surface area (Å²) < 4.78 is 40.6. The van der Waals surface area contributed by atoms with Gasteiger partial charge in [0.1, 0.15) is 5.69 Å². The Hall–Kier alpha value is -3.34. The minimum atomic E-state index is -4.32. The zero-order valence-electron chi connectivity index (χ0n) is 18.4. The molecule has 3 aromatic rings. The summed E-state index contributed by atoms with van der Waals surface area (Å²) >= 11 is 0. The Morgan fingerprint density at radius 3 is 2.68 bits per heavy atom. The molecule has 5 rings (SSSR count). The topological polar surface area (TPSA) is 100 Å². The summed E-state index contributed by atoms with van der Waals surface area (Å²) in [6.45, 7) is 0.413. The Balaban J connectivity index is 1.35. The van der Waals surface area contributed by atoms with Gasteiger partial charge in [0.15, 0.2) is 0 Å². The van der Waals surface area contributed by atoms with E-state index in [1.807, 2.05) is 30.3 Å². The number of rotatable bonds is 4. The quantitative estimate of drug-likeness (QED) is 0.607. The molecular weight excluding hydrogens is 449 g/mol. The lowest BCUT2D eigenvalue weighted by molar-refractivity contribution is -0.150. The highest BCUT2D eigenvalue weighted by atomic mass is 19.4. The van der Waals surface area contributed by atoms with E-state index in [9.17, 15) is 22.8 Å². The van der Waals surface area contributed by atoms with Crippen molar-refractivity contribution in [1.29, 1.82) is 0 Å². The molecule has 11 heteroatoms. The number of fused-ring (bicyclic) bond motifs is 2. The number of hydrogen-bond acceptors (Lipinski definition) is 4. The van der Waals surface area contributed by atoms with Gasteiger partial charge in [-0.15, -0.1) is 0 Å². The highest BCUT2D eigenvalue weighted by Crippen LogP contribution is 2.34. The number of halogens is 3. The van der Waals surface area contributed by atoms with Crippen LogP contribution in [-0.2, 0) is 17.9 Å². The minimum Gasteiger partial charge on any atom is -0.369 e. The monoisotopic (exact) mass is 474 g/mol. The minimum absolute atomic E-state index is 0.0568. The lowest BCUT2D eigenvalue weighted by Gasteiger charge is -2.36. The van der Waals surface area contributed by atoms with Crippen LogP contribution in [0.5, 0.6) is 0 Å². The number of amides is 2.